The Labute approximate surface area is 121 Å². The first kappa shape index (κ1) is 11.7. The van der Waals surface area contributed by atoms with E-state index in [-0.39, 0.29) is 5.95 Å². The lowest BCUT2D eigenvalue weighted by Crippen LogP contribution is -1.97. The molecular formula is C12H8IN3OS. The molecule has 3 aromatic rings. The van der Waals surface area contributed by atoms with Crippen LogP contribution in [0.15, 0.2) is 35.7 Å². The van der Waals surface area contributed by atoms with E-state index in [1.165, 1.54) is 11.3 Å². The molecule has 6 heteroatoms. The first-order valence-corrected chi connectivity index (χ1v) is 7.12. The maximum Gasteiger partial charge on any atom is 0.232 e. The van der Waals surface area contributed by atoms with Gasteiger partial charge < -0.3 is 10.5 Å². The molecule has 3 rings (SSSR count). The summed E-state index contributed by atoms with van der Waals surface area (Å²) >= 11 is 3.75. The summed E-state index contributed by atoms with van der Waals surface area (Å²) in [6, 6.07) is 9.70. The molecule has 0 saturated heterocycles. The third-order valence-electron chi connectivity index (χ3n) is 2.32. The number of nitrogen functional groups attached to an aromatic ring is 1. The van der Waals surface area contributed by atoms with Crippen molar-refractivity contribution in [2.24, 2.45) is 0 Å². The van der Waals surface area contributed by atoms with Gasteiger partial charge in [-0.05, 0) is 52.2 Å². The van der Waals surface area contributed by atoms with Gasteiger partial charge in [0.05, 0.1) is 5.39 Å². The summed E-state index contributed by atoms with van der Waals surface area (Å²) in [4.78, 5) is 9.14. The third-order valence-corrected chi connectivity index (χ3v) is 3.80. The van der Waals surface area contributed by atoms with Crippen LogP contribution in [0.25, 0.3) is 10.2 Å². The minimum atomic E-state index is 0.227. The normalized spacial score (nSPS) is 10.7. The predicted molar refractivity (Wildman–Crippen MR) is 81.1 cm³/mol. The average Bonchev–Trinajstić information content (AvgIpc) is 2.77. The summed E-state index contributed by atoms with van der Waals surface area (Å²) in [6.07, 6.45) is 0. The van der Waals surface area contributed by atoms with E-state index in [1.807, 2.05) is 35.7 Å². The molecule has 1 aromatic carbocycles. The van der Waals surface area contributed by atoms with Crippen molar-refractivity contribution in [1.82, 2.24) is 9.97 Å². The number of thiophene rings is 1. The number of fused-ring (bicyclic) bond motifs is 1. The summed E-state index contributed by atoms with van der Waals surface area (Å²) < 4.78 is 6.89. The monoisotopic (exact) mass is 369 g/mol. The van der Waals surface area contributed by atoms with Crippen LogP contribution >= 0.6 is 33.9 Å². The Morgan fingerprint density at radius 2 is 2.11 bits per heavy atom. The van der Waals surface area contributed by atoms with Gasteiger partial charge in [-0.3, -0.25) is 0 Å². The van der Waals surface area contributed by atoms with E-state index in [1.54, 1.807) is 0 Å². The molecule has 0 fully saturated rings. The molecule has 0 radical (unpaired) electrons. The molecule has 0 saturated carbocycles. The summed E-state index contributed by atoms with van der Waals surface area (Å²) in [6.45, 7) is 0. The zero-order valence-electron chi connectivity index (χ0n) is 9.13. The minimum Gasteiger partial charge on any atom is -0.438 e. The van der Waals surface area contributed by atoms with Crippen molar-refractivity contribution in [3.63, 3.8) is 0 Å². The molecule has 2 aromatic heterocycles. The fraction of sp³-hybridized carbons (Fsp3) is 0. The second-order valence-corrected chi connectivity index (χ2v) is 5.73. The predicted octanol–water partition coefficient (Wildman–Crippen LogP) is 3.67. The van der Waals surface area contributed by atoms with E-state index in [4.69, 9.17) is 10.5 Å². The van der Waals surface area contributed by atoms with Crippen LogP contribution in [-0.2, 0) is 0 Å². The van der Waals surface area contributed by atoms with Crippen molar-refractivity contribution < 1.29 is 4.74 Å². The van der Waals surface area contributed by atoms with Gasteiger partial charge in [-0.1, -0.05) is 6.07 Å². The van der Waals surface area contributed by atoms with E-state index in [9.17, 15) is 0 Å². The molecule has 4 nitrogen and oxygen atoms in total. The lowest BCUT2D eigenvalue weighted by atomic mass is 10.3. The molecule has 0 aliphatic carbocycles. The lowest BCUT2D eigenvalue weighted by molar-refractivity contribution is 0.469. The Hall–Kier alpha value is -1.41. The van der Waals surface area contributed by atoms with Gasteiger partial charge in [-0.25, -0.2) is 4.98 Å². The molecule has 0 amide bonds. The topological polar surface area (TPSA) is 61.0 Å². The number of ether oxygens (including phenoxy) is 1. The molecular weight excluding hydrogens is 361 g/mol. The van der Waals surface area contributed by atoms with Gasteiger partial charge in [0.2, 0.25) is 11.8 Å². The largest absolute Gasteiger partial charge is 0.438 e. The second-order valence-electron chi connectivity index (χ2n) is 3.59. The highest BCUT2D eigenvalue weighted by Gasteiger charge is 2.09. The van der Waals surface area contributed by atoms with Crippen molar-refractivity contribution in [2.45, 2.75) is 0 Å². The smallest absolute Gasteiger partial charge is 0.232 e. The molecule has 2 heterocycles. The zero-order valence-corrected chi connectivity index (χ0v) is 12.1. The Bertz CT molecular complexity index is 713. The van der Waals surface area contributed by atoms with Gasteiger partial charge in [-0.2, -0.15) is 4.98 Å². The Morgan fingerprint density at radius 1 is 1.22 bits per heavy atom. The molecule has 0 aliphatic heterocycles. The Kier molecular flexibility index (Phi) is 3.04. The van der Waals surface area contributed by atoms with E-state index in [0.29, 0.717) is 5.88 Å². The first-order valence-electron chi connectivity index (χ1n) is 5.16. The van der Waals surface area contributed by atoms with Crippen LogP contribution in [0.3, 0.4) is 0 Å². The maximum atomic E-state index is 5.78. The van der Waals surface area contributed by atoms with Crippen molar-refractivity contribution in [1.29, 1.82) is 0 Å². The van der Waals surface area contributed by atoms with Crippen LogP contribution in [0.5, 0.6) is 11.6 Å². The zero-order chi connectivity index (χ0) is 12.5. The number of benzene rings is 1. The molecule has 0 aliphatic rings. The van der Waals surface area contributed by atoms with Crippen LogP contribution in [0.4, 0.5) is 5.95 Å². The first-order chi connectivity index (χ1) is 8.72. The SMILES string of the molecule is Nc1nc(Oc2cccc(I)c2)c2ccsc2n1. The Balaban J connectivity index is 2.06. The number of hydrogen-bond acceptors (Lipinski definition) is 5. The van der Waals surface area contributed by atoms with E-state index >= 15 is 0 Å². The van der Waals surface area contributed by atoms with Gasteiger partial charge >= 0.3 is 0 Å². The van der Waals surface area contributed by atoms with Gasteiger partial charge in [0, 0.05) is 3.57 Å². The number of aromatic nitrogens is 2. The second kappa shape index (κ2) is 4.69. The molecule has 18 heavy (non-hydrogen) atoms. The molecule has 90 valence electrons. The van der Waals surface area contributed by atoms with E-state index < -0.39 is 0 Å². The average molecular weight is 369 g/mol. The highest BCUT2D eigenvalue weighted by atomic mass is 127. The molecule has 0 atom stereocenters. The summed E-state index contributed by atoms with van der Waals surface area (Å²) in [5.74, 6) is 1.47. The quantitative estimate of drug-likeness (QED) is 0.701. The van der Waals surface area contributed by atoms with Gasteiger partial charge in [0.1, 0.15) is 10.6 Å². The van der Waals surface area contributed by atoms with E-state index in [0.717, 1.165) is 19.5 Å². The highest BCUT2D eigenvalue weighted by molar-refractivity contribution is 14.1. The van der Waals surface area contributed by atoms with Crippen LogP contribution in [-0.4, -0.2) is 9.97 Å². The standard InChI is InChI=1S/C12H8IN3OS/c13-7-2-1-3-8(6-7)17-10-9-4-5-18-11(9)16-12(14)15-10/h1-6H,(H2,14,15,16). The molecule has 2 N–H and O–H groups in total. The number of halogens is 1. The number of rotatable bonds is 2. The van der Waals surface area contributed by atoms with Gasteiger partial charge in [0.15, 0.2) is 0 Å². The molecule has 0 unspecified atom stereocenters. The van der Waals surface area contributed by atoms with Crippen molar-refractivity contribution in [3.05, 3.63) is 39.3 Å². The summed E-state index contributed by atoms with van der Waals surface area (Å²) in [5.41, 5.74) is 5.67. The lowest BCUT2D eigenvalue weighted by Gasteiger charge is -2.06. The van der Waals surface area contributed by atoms with Crippen LogP contribution < -0.4 is 10.5 Å². The fourth-order valence-corrected chi connectivity index (χ4v) is 2.84. The summed E-state index contributed by atoms with van der Waals surface area (Å²) in [7, 11) is 0. The Morgan fingerprint density at radius 3 is 2.94 bits per heavy atom. The van der Waals surface area contributed by atoms with Crippen molar-refractivity contribution in [3.8, 4) is 11.6 Å². The minimum absolute atomic E-state index is 0.227. The number of nitrogens with zero attached hydrogens (tertiary/aromatic N) is 2. The molecule has 0 bridgehead atoms. The van der Waals surface area contributed by atoms with E-state index in [2.05, 4.69) is 32.6 Å². The van der Waals surface area contributed by atoms with Crippen LogP contribution in [0.2, 0.25) is 0 Å². The highest BCUT2D eigenvalue weighted by Crippen LogP contribution is 2.31. The number of hydrogen-bond donors (Lipinski definition) is 1. The van der Waals surface area contributed by atoms with Crippen LogP contribution in [0, 0.1) is 3.57 Å². The fourth-order valence-electron chi connectivity index (χ4n) is 1.56. The maximum absolute atomic E-state index is 5.78. The number of nitrogens with two attached hydrogens (primary N) is 1. The third kappa shape index (κ3) is 2.25. The van der Waals surface area contributed by atoms with Gasteiger partial charge in [0.25, 0.3) is 0 Å². The van der Waals surface area contributed by atoms with Crippen molar-refractivity contribution >= 4 is 50.1 Å². The number of anilines is 1. The molecule has 0 spiro atoms. The van der Waals surface area contributed by atoms with Crippen LogP contribution in [0.1, 0.15) is 0 Å². The van der Waals surface area contributed by atoms with Crippen molar-refractivity contribution in [2.75, 3.05) is 5.73 Å². The van der Waals surface area contributed by atoms with Gasteiger partial charge in [-0.15, -0.1) is 11.3 Å². The summed E-state index contributed by atoms with van der Waals surface area (Å²) in [5, 5.41) is 2.83.